The zero-order chi connectivity index (χ0) is 19.4. The van der Waals surface area contributed by atoms with E-state index in [1.54, 1.807) is 6.92 Å². The smallest absolute Gasteiger partial charge is 0.265 e. The summed E-state index contributed by atoms with van der Waals surface area (Å²) >= 11 is 1.47. The number of rotatable bonds is 6. The first-order valence-corrected chi connectivity index (χ1v) is 9.97. The van der Waals surface area contributed by atoms with Crippen molar-refractivity contribution in [1.82, 2.24) is 5.32 Å². The third-order valence-corrected chi connectivity index (χ3v) is 5.68. The normalized spacial score (nSPS) is 14.2. The zero-order valence-electron chi connectivity index (χ0n) is 15.4. The third-order valence-electron chi connectivity index (χ3n) is 4.47. The first-order chi connectivity index (χ1) is 13.0. The van der Waals surface area contributed by atoms with E-state index in [9.17, 15) is 14.0 Å². The number of aryl methyl sites for hydroxylation is 1. The quantitative estimate of drug-likeness (QED) is 0.786. The van der Waals surface area contributed by atoms with Gasteiger partial charge in [0, 0.05) is 11.4 Å². The fraction of sp³-hybridized carbons (Fsp3) is 0.400. The van der Waals surface area contributed by atoms with Gasteiger partial charge in [-0.3, -0.25) is 9.59 Å². The molecule has 5 nitrogen and oxygen atoms in total. The van der Waals surface area contributed by atoms with E-state index in [4.69, 9.17) is 4.74 Å². The van der Waals surface area contributed by atoms with Gasteiger partial charge < -0.3 is 15.4 Å². The first-order valence-electron chi connectivity index (χ1n) is 9.15. The number of anilines is 1. The first kappa shape index (κ1) is 19.4. The van der Waals surface area contributed by atoms with E-state index >= 15 is 0 Å². The molecule has 2 aromatic rings. The van der Waals surface area contributed by atoms with Gasteiger partial charge in [0.25, 0.3) is 11.8 Å². The lowest BCUT2D eigenvalue weighted by atomic mass is 9.95. The van der Waals surface area contributed by atoms with Gasteiger partial charge in [0.1, 0.15) is 16.6 Å². The molecule has 1 aliphatic carbocycles. The summed E-state index contributed by atoms with van der Waals surface area (Å²) in [6.07, 6.45) is 3.16. The lowest BCUT2D eigenvalue weighted by molar-refractivity contribution is -0.122. The Labute approximate surface area is 161 Å². The lowest BCUT2D eigenvalue weighted by Crippen LogP contribution is -2.31. The second kappa shape index (κ2) is 8.52. The van der Waals surface area contributed by atoms with Crippen LogP contribution in [0, 0.1) is 5.82 Å². The number of halogens is 1. The molecule has 0 spiro atoms. The number of nitrogens with one attached hydrogen (secondary N) is 2. The molecule has 0 unspecified atom stereocenters. The Balaban J connectivity index is 1.77. The maximum absolute atomic E-state index is 13.0. The molecule has 0 saturated carbocycles. The van der Waals surface area contributed by atoms with Gasteiger partial charge in [-0.2, -0.15) is 0 Å². The molecular formula is C20H23FN2O3S. The van der Waals surface area contributed by atoms with Crippen molar-refractivity contribution >= 4 is 28.2 Å². The standard InChI is InChI=1S/C20H23FN2O3S/c1-3-22-19(25)17-15-6-4-5-7-16(15)27-20(17)23-18(24)12(2)26-14-10-8-13(21)9-11-14/h8-12H,3-7H2,1-2H3,(H,22,25)(H,23,24)/t12-/m0/s1. The molecule has 0 fully saturated rings. The van der Waals surface area contributed by atoms with Gasteiger partial charge in [0.15, 0.2) is 6.10 Å². The van der Waals surface area contributed by atoms with Crippen LogP contribution in [0.15, 0.2) is 24.3 Å². The molecule has 7 heteroatoms. The van der Waals surface area contributed by atoms with Gasteiger partial charge in [-0.1, -0.05) is 0 Å². The van der Waals surface area contributed by atoms with Crippen molar-refractivity contribution in [2.75, 3.05) is 11.9 Å². The third kappa shape index (κ3) is 4.47. The Morgan fingerprint density at radius 3 is 2.63 bits per heavy atom. The van der Waals surface area contributed by atoms with Gasteiger partial charge >= 0.3 is 0 Å². The van der Waals surface area contributed by atoms with Crippen LogP contribution >= 0.6 is 11.3 Å². The number of ether oxygens (including phenoxy) is 1. The highest BCUT2D eigenvalue weighted by molar-refractivity contribution is 7.17. The molecule has 1 aromatic carbocycles. The number of carbonyl (C=O) groups excluding carboxylic acids is 2. The molecule has 0 saturated heterocycles. The van der Waals surface area contributed by atoms with Crippen LogP contribution in [0.4, 0.5) is 9.39 Å². The number of benzene rings is 1. The summed E-state index contributed by atoms with van der Waals surface area (Å²) in [6, 6.07) is 5.51. The molecule has 1 aliphatic rings. The van der Waals surface area contributed by atoms with Crippen molar-refractivity contribution in [2.24, 2.45) is 0 Å². The molecule has 0 bridgehead atoms. The van der Waals surface area contributed by atoms with Crippen LogP contribution in [0.1, 0.15) is 47.5 Å². The molecular weight excluding hydrogens is 367 g/mol. The number of thiophene rings is 1. The topological polar surface area (TPSA) is 67.4 Å². The minimum Gasteiger partial charge on any atom is -0.481 e. The van der Waals surface area contributed by atoms with Crippen molar-refractivity contribution in [2.45, 2.75) is 45.6 Å². The van der Waals surface area contributed by atoms with Gasteiger partial charge in [0.05, 0.1) is 5.56 Å². The summed E-state index contributed by atoms with van der Waals surface area (Å²) in [7, 11) is 0. The highest BCUT2D eigenvalue weighted by Crippen LogP contribution is 2.38. The number of hydrogen-bond donors (Lipinski definition) is 2. The summed E-state index contributed by atoms with van der Waals surface area (Å²) < 4.78 is 18.6. The van der Waals surface area contributed by atoms with E-state index in [-0.39, 0.29) is 17.6 Å². The average molecular weight is 390 g/mol. The summed E-state index contributed by atoms with van der Waals surface area (Å²) in [6.45, 7) is 4.02. The average Bonchev–Trinajstić information content (AvgIpc) is 3.01. The van der Waals surface area contributed by atoms with Crippen molar-refractivity contribution in [3.05, 3.63) is 46.1 Å². The number of carbonyl (C=O) groups is 2. The molecule has 0 radical (unpaired) electrons. The van der Waals surface area contributed by atoms with Crippen molar-refractivity contribution < 1.29 is 18.7 Å². The van der Waals surface area contributed by atoms with Gasteiger partial charge in [-0.15, -0.1) is 11.3 Å². The predicted molar refractivity (Wildman–Crippen MR) is 104 cm³/mol. The Hall–Kier alpha value is -2.41. The highest BCUT2D eigenvalue weighted by atomic mass is 32.1. The van der Waals surface area contributed by atoms with Crippen LogP contribution < -0.4 is 15.4 Å². The number of amides is 2. The van der Waals surface area contributed by atoms with E-state index in [0.29, 0.717) is 22.9 Å². The van der Waals surface area contributed by atoms with Crippen molar-refractivity contribution in [3.63, 3.8) is 0 Å². The largest absolute Gasteiger partial charge is 0.481 e. The van der Waals surface area contributed by atoms with Gasteiger partial charge in [0.2, 0.25) is 0 Å². The van der Waals surface area contributed by atoms with Crippen LogP contribution in [0.3, 0.4) is 0 Å². The van der Waals surface area contributed by atoms with Crippen molar-refractivity contribution in [3.8, 4) is 5.75 Å². The molecule has 1 aromatic heterocycles. The SMILES string of the molecule is CCNC(=O)c1c(NC(=O)[C@H](C)Oc2ccc(F)cc2)sc2c1CCCC2. The second-order valence-corrected chi connectivity index (χ2v) is 7.58. The monoisotopic (exact) mass is 390 g/mol. The Bertz CT molecular complexity index is 832. The Kier molecular flexibility index (Phi) is 6.11. The molecule has 2 amide bonds. The predicted octanol–water partition coefficient (Wildman–Crippen LogP) is 3.92. The molecule has 3 rings (SSSR count). The molecule has 0 aliphatic heterocycles. The molecule has 27 heavy (non-hydrogen) atoms. The van der Waals surface area contributed by atoms with E-state index < -0.39 is 6.10 Å². The summed E-state index contributed by atoms with van der Waals surface area (Å²) in [5.74, 6) is -0.452. The molecule has 1 heterocycles. The van der Waals surface area contributed by atoms with Crippen LogP contribution in [-0.4, -0.2) is 24.5 Å². The van der Waals surface area contributed by atoms with Crippen LogP contribution in [0.25, 0.3) is 0 Å². The molecule has 1 atom stereocenters. The summed E-state index contributed by atoms with van der Waals surface area (Å²) in [5.41, 5.74) is 1.64. The number of fused-ring (bicyclic) bond motifs is 1. The minimum absolute atomic E-state index is 0.153. The van der Waals surface area contributed by atoms with Crippen LogP contribution in [0.5, 0.6) is 5.75 Å². The van der Waals surface area contributed by atoms with Crippen LogP contribution in [0.2, 0.25) is 0 Å². The number of hydrogen-bond acceptors (Lipinski definition) is 4. The van der Waals surface area contributed by atoms with E-state index in [1.165, 1.54) is 40.5 Å². The highest BCUT2D eigenvalue weighted by Gasteiger charge is 2.27. The van der Waals surface area contributed by atoms with Gasteiger partial charge in [-0.25, -0.2) is 4.39 Å². The summed E-state index contributed by atoms with van der Waals surface area (Å²) in [5, 5.41) is 6.27. The molecule has 2 N–H and O–H groups in total. The maximum atomic E-state index is 13.0. The van der Waals surface area contributed by atoms with E-state index in [0.717, 1.165) is 31.2 Å². The lowest BCUT2D eigenvalue weighted by Gasteiger charge is -2.15. The summed E-state index contributed by atoms with van der Waals surface area (Å²) in [4.78, 5) is 26.3. The zero-order valence-corrected chi connectivity index (χ0v) is 16.2. The molecule has 144 valence electrons. The second-order valence-electron chi connectivity index (χ2n) is 6.48. The fourth-order valence-corrected chi connectivity index (χ4v) is 4.42. The van der Waals surface area contributed by atoms with Gasteiger partial charge in [-0.05, 0) is 69.4 Å². The van der Waals surface area contributed by atoms with E-state index in [1.807, 2.05) is 6.92 Å². The maximum Gasteiger partial charge on any atom is 0.265 e. The van der Waals surface area contributed by atoms with Crippen LogP contribution in [-0.2, 0) is 17.6 Å². The Morgan fingerprint density at radius 2 is 1.93 bits per heavy atom. The fourth-order valence-electron chi connectivity index (χ4n) is 3.13. The van der Waals surface area contributed by atoms with E-state index in [2.05, 4.69) is 10.6 Å². The van der Waals surface area contributed by atoms with Crippen molar-refractivity contribution in [1.29, 1.82) is 0 Å². The Morgan fingerprint density at radius 1 is 1.22 bits per heavy atom. The minimum atomic E-state index is -0.781.